The second-order valence-electron chi connectivity index (χ2n) is 5.51. The van der Waals surface area contributed by atoms with Gasteiger partial charge in [0.15, 0.2) is 0 Å². The second-order valence-corrected chi connectivity index (χ2v) is 5.51. The Hall–Kier alpha value is -2.62. The number of hydrogen-bond donors (Lipinski definition) is 4. The number of amidine groups is 2. The maximum absolute atomic E-state index is 7.49. The number of allylic oxidation sites excluding steroid dienone is 10. The summed E-state index contributed by atoms with van der Waals surface area (Å²) in [6.07, 6.45) is 14.7. The first-order valence-corrected chi connectivity index (χ1v) is 6.93. The molecule has 0 unspecified atom stereocenters. The van der Waals surface area contributed by atoms with Gasteiger partial charge < -0.3 is 11.5 Å². The zero-order valence-electron chi connectivity index (χ0n) is 11.7. The lowest BCUT2D eigenvalue weighted by Crippen LogP contribution is -2.12. The molecule has 0 aromatic heterocycles. The minimum atomic E-state index is 0.154. The van der Waals surface area contributed by atoms with Crippen molar-refractivity contribution in [2.75, 3.05) is 0 Å². The molecular formula is C17H18N4. The van der Waals surface area contributed by atoms with Crippen LogP contribution in [0, 0.1) is 10.8 Å². The number of rotatable bonds is 4. The molecule has 0 saturated heterocycles. The van der Waals surface area contributed by atoms with Crippen molar-refractivity contribution in [2.45, 2.75) is 19.3 Å². The van der Waals surface area contributed by atoms with Crippen LogP contribution in [0.2, 0.25) is 0 Å². The molecule has 0 aliphatic heterocycles. The summed E-state index contributed by atoms with van der Waals surface area (Å²) in [7, 11) is 0. The summed E-state index contributed by atoms with van der Waals surface area (Å²) in [6, 6.07) is 0. The van der Waals surface area contributed by atoms with Crippen LogP contribution in [0.15, 0.2) is 69.9 Å². The SMILES string of the molecule is N=C(N)C1=CC=C(C2=CC=C(C3=CC=C(C(=N)N)C3)C2)C1. The molecule has 0 spiro atoms. The van der Waals surface area contributed by atoms with Gasteiger partial charge in [0.05, 0.1) is 0 Å². The van der Waals surface area contributed by atoms with E-state index in [0.717, 1.165) is 30.4 Å². The van der Waals surface area contributed by atoms with Gasteiger partial charge in [0.25, 0.3) is 0 Å². The van der Waals surface area contributed by atoms with Crippen molar-refractivity contribution < 1.29 is 0 Å². The van der Waals surface area contributed by atoms with Gasteiger partial charge in [-0.15, -0.1) is 0 Å². The summed E-state index contributed by atoms with van der Waals surface area (Å²) in [4.78, 5) is 0. The second kappa shape index (κ2) is 5.05. The average molecular weight is 278 g/mol. The third kappa shape index (κ3) is 2.52. The predicted octanol–water partition coefficient (Wildman–Crippen LogP) is 2.63. The summed E-state index contributed by atoms with van der Waals surface area (Å²) in [5.74, 6) is 0.309. The molecule has 3 rings (SSSR count). The fraction of sp³-hybridized carbons (Fsp3) is 0.176. The van der Waals surface area contributed by atoms with E-state index in [4.69, 9.17) is 22.3 Å². The molecule has 6 N–H and O–H groups in total. The lowest BCUT2D eigenvalue weighted by molar-refractivity contribution is 1.08. The largest absolute Gasteiger partial charge is 0.384 e. The molecule has 4 nitrogen and oxygen atoms in total. The Balaban J connectivity index is 1.60. The van der Waals surface area contributed by atoms with Crippen molar-refractivity contribution in [2.24, 2.45) is 11.5 Å². The molecule has 0 heterocycles. The van der Waals surface area contributed by atoms with Gasteiger partial charge in [-0.05, 0) is 39.9 Å². The molecule has 0 atom stereocenters. The zero-order valence-corrected chi connectivity index (χ0v) is 11.7. The normalized spacial score (nSPS) is 20.4. The molecule has 0 fully saturated rings. The van der Waals surface area contributed by atoms with E-state index in [9.17, 15) is 0 Å². The standard InChI is InChI=1S/C17H18N4/c18-16(19)14-5-3-12(8-14)10-1-2-11(7-10)13-4-6-15(9-13)17(20)21/h1-6H,7-9H2,(H3,18,19)(H3,20,21). The molecule has 0 amide bonds. The van der Waals surface area contributed by atoms with Crippen molar-refractivity contribution in [1.82, 2.24) is 0 Å². The van der Waals surface area contributed by atoms with Crippen molar-refractivity contribution >= 4 is 11.7 Å². The minimum absolute atomic E-state index is 0.154. The lowest BCUT2D eigenvalue weighted by Gasteiger charge is -2.09. The van der Waals surface area contributed by atoms with Crippen LogP contribution in [0.25, 0.3) is 0 Å². The Morgan fingerprint density at radius 2 is 0.952 bits per heavy atom. The first kappa shape index (κ1) is 13.4. The Bertz CT molecular complexity index is 662. The molecule has 0 saturated carbocycles. The highest BCUT2D eigenvalue weighted by Crippen LogP contribution is 2.37. The Kier molecular flexibility index (Phi) is 3.22. The van der Waals surface area contributed by atoms with E-state index in [1.54, 1.807) is 0 Å². The predicted molar refractivity (Wildman–Crippen MR) is 86.2 cm³/mol. The first-order valence-electron chi connectivity index (χ1n) is 6.93. The van der Waals surface area contributed by atoms with Crippen LogP contribution in [0.3, 0.4) is 0 Å². The highest BCUT2D eigenvalue weighted by molar-refractivity contribution is 5.96. The molecule has 0 aromatic rings. The summed E-state index contributed by atoms with van der Waals surface area (Å²) < 4.78 is 0. The van der Waals surface area contributed by atoms with Crippen molar-refractivity contribution in [3.8, 4) is 0 Å². The molecule has 3 aliphatic carbocycles. The monoisotopic (exact) mass is 278 g/mol. The molecule has 3 aliphatic rings. The van der Waals surface area contributed by atoms with Gasteiger partial charge in [0.2, 0.25) is 0 Å². The molecule has 0 aromatic carbocycles. The third-order valence-corrected chi connectivity index (χ3v) is 4.12. The molecule has 21 heavy (non-hydrogen) atoms. The van der Waals surface area contributed by atoms with E-state index in [1.165, 1.54) is 22.3 Å². The minimum Gasteiger partial charge on any atom is -0.384 e. The van der Waals surface area contributed by atoms with Gasteiger partial charge in [-0.25, -0.2) is 0 Å². The third-order valence-electron chi connectivity index (χ3n) is 4.12. The Labute approximate surface area is 123 Å². The summed E-state index contributed by atoms with van der Waals surface area (Å²) >= 11 is 0. The summed E-state index contributed by atoms with van der Waals surface area (Å²) in [5, 5.41) is 15.0. The Morgan fingerprint density at radius 1 is 0.619 bits per heavy atom. The molecular weight excluding hydrogens is 260 g/mol. The van der Waals surface area contributed by atoms with Crippen molar-refractivity contribution in [3.05, 3.63) is 69.9 Å². The van der Waals surface area contributed by atoms with Gasteiger partial charge in [0, 0.05) is 12.8 Å². The number of hydrogen-bond acceptors (Lipinski definition) is 2. The zero-order chi connectivity index (χ0) is 15.0. The van der Waals surface area contributed by atoms with Crippen molar-refractivity contribution in [1.29, 1.82) is 10.8 Å². The van der Waals surface area contributed by atoms with Gasteiger partial charge in [-0.2, -0.15) is 0 Å². The highest BCUT2D eigenvalue weighted by atomic mass is 14.7. The topological polar surface area (TPSA) is 99.7 Å². The maximum Gasteiger partial charge on any atom is 0.118 e. The van der Waals surface area contributed by atoms with Crippen LogP contribution in [-0.2, 0) is 0 Å². The molecule has 4 heteroatoms. The van der Waals surface area contributed by atoms with E-state index in [-0.39, 0.29) is 11.7 Å². The van der Waals surface area contributed by atoms with Crippen LogP contribution in [0.4, 0.5) is 0 Å². The quantitative estimate of drug-likeness (QED) is 0.469. The van der Waals surface area contributed by atoms with Crippen molar-refractivity contribution in [3.63, 3.8) is 0 Å². The van der Waals surface area contributed by atoms with Crippen LogP contribution in [0.5, 0.6) is 0 Å². The average Bonchev–Trinajstić information content (AvgIpc) is 3.18. The van der Waals surface area contributed by atoms with E-state index >= 15 is 0 Å². The van der Waals surface area contributed by atoms with Gasteiger partial charge in [0.1, 0.15) is 11.7 Å². The van der Waals surface area contributed by atoms with Gasteiger partial charge in [-0.3, -0.25) is 10.8 Å². The van der Waals surface area contributed by atoms with E-state index < -0.39 is 0 Å². The maximum atomic E-state index is 7.49. The van der Waals surface area contributed by atoms with Gasteiger partial charge in [-0.1, -0.05) is 36.5 Å². The van der Waals surface area contributed by atoms with E-state index in [0.29, 0.717) is 0 Å². The molecule has 0 radical (unpaired) electrons. The summed E-state index contributed by atoms with van der Waals surface area (Å²) in [6.45, 7) is 0. The lowest BCUT2D eigenvalue weighted by atomic mass is 9.96. The fourth-order valence-corrected chi connectivity index (χ4v) is 2.82. The smallest absolute Gasteiger partial charge is 0.118 e. The first-order chi connectivity index (χ1) is 10.0. The van der Waals surface area contributed by atoms with Crippen LogP contribution < -0.4 is 11.5 Å². The Morgan fingerprint density at radius 3 is 1.29 bits per heavy atom. The number of nitrogens with two attached hydrogens (primary N) is 2. The van der Waals surface area contributed by atoms with Crippen LogP contribution in [-0.4, -0.2) is 11.7 Å². The highest BCUT2D eigenvalue weighted by Gasteiger charge is 2.21. The molecule has 106 valence electrons. The fourth-order valence-electron chi connectivity index (χ4n) is 2.82. The van der Waals surface area contributed by atoms with Crippen LogP contribution >= 0.6 is 0 Å². The molecule has 0 bridgehead atoms. The van der Waals surface area contributed by atoms with Crippen LogP contribution in [0.1, 0.15) is 19.3 Å². The number of nitrogens with one attached hydrogen (secondary N) is 2. The van der Waals surface area contributed by atoms with Gasteiger partial charge >= 0.3 is 0 Å². The van der Waals surface area contributed by atoms with E-state index in [2.05, 4.69) is 24.3 Å². The van der Waals surface area contributed by atoms with E-state index in [1.807, 2.05) is 12.2 Å². The summed E-state index contributed by atoms with van der Waals surface area (Å²) in [5.41, 5.74) is 17.9.